The van der Waals surface area contributed by atoms with E-state index in [-0.39, 0.29) is 167 Å². The van der Waals surface area contributed by atoms with Gasteiger partial charge in [-0.25, -0.2) is 53.6 Å². The van der Waals surface area contributed by atoms with Gasteiger partial charge in [0.1, 0.15) is 68.8 Å². The molecule has 0 spiro atoms. The number of hydrogen-bond acceptors (Lipinski definition) is 31. The van der Waals surface area contributed by atoms with Crippen molar-refractivity contribution in [3.05, 3.63) is 234 Å². The van der Waals surface area contributed by atoms with E-state index in [2.05, 4.69) is 53.5 Å². The van der Waals surface area contributed by atoms with Crippen LogP contribution in [-0.4, -0.2) is 229 Å². The molecule has 39 heteroatoms. The molecule has 11 aromatic heterocycles. The van der Waals surface area contributed by atoms with E-state index in [0.29, 0.717) is 45.9 Å². The number of aryl methyl sites for hydroxylation is 3. The molecule has 0 amide bonds. The number of ketones is 4. The number of hydrogen-bond donors (Lipinski definition) is 4. The van der Waals surface area contributed by atoms with Crippen LogP contribution < -0.4 is 42.5 Å². The predicted molar refractivity (Wildman–Crippen MR) is 516 cm³/mol. The molecule has 0 saturated carbocycles. The predicted octanol–water partition coefficient (Wildman–Crippen LogP) is 10.9. The molecular formula is C94H93N23O12S4. The topological polar surface area (TPSA) is 481 Å². The minimum absolute atomic E-state index is 0.00723. The number of carbonyl (C=O) groups is 4. The summed E-state index contributed by atoms with van der Waals surface area (Å²) in [6.07, 6.45) is 12.0. The number of fused-ring (bicyclic) bond motifs is 5. The molecule has 35 nitrogen and oxygen atoms in total. The number of carbonyl (C=O) groups excluding carboxylic acids is 4. The van der Waals surface area contributed by atoms with Gasteiger partial charge in [0.05, 0.1) is 87.7 Å². The first-order valence-electron chi connectivity index (χ1n) is 42.7. The standard InChI is InChI=1S/2C24H24N6O3S.C24H23N5O3S.C22H22N6O3S/c1-15-5-3-4-6-18(15)20-8-7-17(13-26-20)19-14-27-30-22(25)21(16(2)31)24(28-23(19)30)29-9-11-34(32,33)12-10-29;1-15-12-18(13-26-21(15)17-6-4-3-5-7-17)19-14-27-30-22(25)20(16(2)31)24(28-23(19)30)29-8-10-34(32,33)11-9-29;1-16(30)21-22(25)29-23(27-24(21)28-11-13-33(31,32)14-12-28)20(15-26-29)19-9-7-18(8-10-19)17-5-3-2-4-6-17;1-13-3-4-18-15(9-13)10-16(11-24-18)17-12-25-28-20(23)19(14(2)29)22(26-21(17)28)27-5-7-32(30,31)8-6-27/h3-8,13-14H,9-12,25H2,1-2H3;3-7,12-14H,8-11,25H2,1-2H3;2-10,15H,11-14,25H2,1H3;3-4,9-12H,5-8,23H2,1-2H3. The highest BCUT2D eigenvalue weighted by molar-refractivity contribution is 7.92. The maximum absolute atomic E-state index is 12.5. The van der Waals surface area contributed by atoms with Gasteiger partial charge in [-0.15, -0.1) is 0 Å². The van der Waals surface area contributed by atoms with Gasteiger partial charge in [-0.3, -0.25) is 34.1 Å². The SMILES string of the molecule is CC(=O)c1c(N2CCS(=O)(=O)CC2)nc2c(-c3ccc(-c4ccccc4)cc3)cnn2c1N.CC(=O)c1c(N2CCS(=O)(=O)CC2)nc2c(-c3ccc(-c4ccccc4C)nc3)cnn2c1N.CC(=O)c1c(N2CCS(=O)(=O)CC2)nc2c(-c3cnc(-c4ccccc4)c(C)c3)cnn2c1N.CC(=O)c1c(N2CCS(=O)(=O)CC2)nc2c(-c3cnc4ccc(C)cc4c3)cnn2c1N. The summed E-state index contributed by atoms with van der Waals surface area (Å²) in [6.45, 7) is 13.8. The summed E-state index contributed by atoms with van der Waals surface area (Å²) in [6, 6.07) is 50.2. The molecule has 4 fully saturated rings. The average molecular weight is 1870 g/mol. The van der Waals surface area contributed by atoms with Crippen molar-refractivity contribution in [2.24, 2.45) is 0 Å². The molecule has 16 aromatic rings. The van der Waals surface area contributed by atoms with Crippen molar-refractivity contribution in [1.82, 2.24) is 73.3 Å². The summed E-state index contributed by atoms with van der Waals surface area (Å²) in [5, 5.41) is 18.5. The smallest absolute Gasteiger partial charge is 0.167 e. The van der Waals surface area contributed by atoms with E-state index in [9.17, 15) is 52.8 Å². The van der Waals surface area contributed by atoms with Crippen molar-refractivity contribution >= 4 is 143 Å². The Bertz CT molecular complexity index is 7820. The number of rotatable bonds is 15. The molecule has 0 atom stereocenters. The fourth-order valence-corrected chi connectivity index (χ4v) is 21.7. The van der Waals surface area contributed by atoms with Gasteiger partial charge < -0.3 is 42.5 Å². The fraction of sp³-hybridized carbons (Fsp3) is 0.245. The van der Waals surface area contributed by atoms with Crippen molar-refractivity contribution in [2.45, 2.75) is 48.5 Å². The molecule has 20 rings (SSSR count). The molecule has 4 aliphatic heterocycles. The number of pyridine rings is 3. The zero-order chi connectivity index (χ0) is 93.9. The van der Waals surface area contributed by atoms with E-state index < -0.39 is 39.3 Å². The summed E-state index contributed by atoms with van der Waals surface area (Å²) in [5.74, 6) is 1.40. The van der Waals surface area contributed by atoms with E-state index in [0.717, 1.165) is 106 Å². The summed E-state index contributed by atoms with van der Waals surface area (Å²) in [4.78, 5) is 90.0. The van der Waals surface area contributed by atoms with E-state index in [1.165, 1.54) is 45.8 Å². The largest absolute Gasteiger partial charge is 0.383 e. The van der Waals surface area contributed by atoms with Crippen LogP contribution in [0, 0.1) is 20.8 Å². The van der Waals surface area contributed by atoms with E-state index in [1.807, 2.05) is 174 Å². The van der Waals surface area contributed by atoms with Gasteiger partial charge in [0.2, 0.25) is 0 Å². The Morgan fingerprint density at radius 1 is 0.301 bits per heavy atom. The number of anilines is 8. The van der Waals surface area contributed by atoms with Crippen LogP contribution >= 0.6 is 0 Å². The Morgan fingerprint density at radius 3 is 0.992 bits per heavy atom. The molecule has 0 aliphatic carbocycles. The number of nitrogens with two attached hydrogens (primary N) is 4. The van der Waals surface area contributed by atoms with Crippen LogP contribution in [0.1, 0.15) is 85.8 Å². The van der Waals surface area contributed by atoms with Crippen LogP contribution in [0.3, 0.4) is 0 Å². The average Bonchev–Trinajstić information content (AvgIpc) is 1.67. The second-order valence-electron chi connectivity index (χ2n) is 33.1. The first kappa shape index (κ1) is 90.1. The Balaban J connectivity index is 0.000000124. The van der Waals surface area contributed by atoms with Crippen molar-refractivity contribution in [1.29, 1.82) is 0 Å². The van der Waals surface area contributed by atoms with Gasteiger partial charge in [-0.05, 0) is 107 Å². The van der Waals surface area contributed by atoms with Gasteiger partial charge in [0, 0.05) is 126 Å². The summed E-state index contributed by atoms with van der Waals surface area (Å²) in [7, 11) is -12.3. The number of sulfone groups is 4. The number of nitrogen functional groups attached to an aromatic ring is 4. The van der Waals surface area contributed by atoms with E-state index >= 15 is 0 Å². The maximum atomic E-state index is 12.5. The third-order valence-corrected chi connectivity index (χ3v) is 30.5. The molecule has 133 heavy (non-hydrogen) atoms. The van der Waals surface area contributed by atoms with E-state index in [4.69, 9.17) is 42.9 Å². The van der Waals surface area contributed by atoms with Crippen molar-refractivity contribution < 1.29 is 52.8 Å². The Labute approximate surface area is 765 Å². The molecular weight excluding hydrogens is 1770 g/mol. The van der Waals surface area contributed by atoms with Crippen LogP contribution in [0.25, 0.3) is 112 Å². The Morgan fingerprint density at radius 2 is 0.624 bits per heavy atom. The lowest BCUT2D eigenvalue weighted by molar-refractivity contribution is 0.100. The first-order valence-corrected chi connectivity index (χ1v) is 50.0. The molecule has 8 N–H and O–H groups in total. The van der Waals surface area contributed by atoms with Crippen LogP contribution in [0.2, 0.25) is 0 Å². The molecule has 4 saturated heterocycles. The van der Waals surface area contributed by atoms with Gasteiger partial charge in [0.15, 0.2) is 85.1 Å². The minimum atomic E-state index is -3.09. The van der Waals surface area contributed by atoms with Crippen molar-refractivity contribution in [3.63, 3.8) is 0 Å². The highest BCUT2D eigenvalue weighted by atomic mass is 32.2. The van der Waals surface area contributed by atoms with Gasteiger partial charge >= 0.3 is 0 Å². The molecule has 15 heterocycles. The Hall–Kier alpha value is -14.8. The van der Waals surface area contributed by atoms with Crippen LogP contribution in [0.15, 0.2) is 195 Å². The zero-order valence-electron chi connectivity index (χ0n) is 73.6. The monoisotopic (exact) mass is 1860 g/mol. The van der Waals surface area contributed by atoms with Crippen molar-refractivity contribution in [3.8, 4) is 78.1 Å². The lowest BCUT2D eigenvalue weighted by atomic mass is 10.0. The third-order valence-electron chi connectivity index (χ3n) is 24.0. The third kappa shape index (κ3) is 18.3. The number of aromatic nitrogens is 15. The second kappa shape index (κ2) is 36.1. The van der Waals surface area contributed by atoms with E-state index in [1.54, 1.807) is 43.4 Å². The second-order valence-corrected chi connectivity index (χ2v) is 42.3. The maximum Gasteiger partial charge on any atom is 0.167 e. The molecule has 0 radical (unpaired) electrons. The number of nitrogens with zero attached hydrogens (tertiary/aromatic N) is 19. The molecule has 680 valence electrons. The molecule has 0 bridgehead atoms. The highest BCUT2D eigenvalue weighted by Gasteiger charge is 2.35. The lowest BCUT2D eigenvalue weighted by Crippen LogP contribution is -2.41. The van der Waals surface area contributed by atoms with Crippen LogP contribution in [-0.2, 0) is 39.3 Å². The van der Waals surface area contributed by atoms with Crippen LogP contribution in [0.5, 0.6) is 0 Å². The highest BCUT2D eigenvalue weighted by Crippen LogP contribution is 2.40. The van der Waals surface area contributed by atoms with Gasteiger partial charge in [0.25, 0.3) is 0 Å². The quantitative estimate of drug-likeness (QED) is 0.0693. The van der Waals surface area contributed by atoms with Crippen molar-refractivity contribution in [2.75, 3.05) is 141 Å². The summed E-state index contributed by atoms with van der Waals surface area (Å²) < 4.78 is 101. The molecule has 5 aromatic carbocycles. The summed E-state index contributed by atoms with van der Waals surface area (Å²) in [5.41, 5.74) is 45.0. The first-order chi connectivity index (χ1) is 63.6. The molecule has 4 aliphatic rings. The minimum Gasteiger partial charge on any atom is -0.383 e. The number of Topliss-reactive ketones (excluding diaryl/α,β-unsaturated/α-hetero) is 4. The van der Waals surface area contributed by atoms with Gasteiger partial charge in [-0.2, -0.15) is 38.5 Å². The number of benzene rings is 5. The lowest BCUT2D eigenvalue weighted by Gasteiger charge is -2.29. The Kier molecular flexibility index (Phi) is 24.5. The summed E-state index contributed by atoms with van der Waals surface area (Å²) >= 11 is 0. The normalized spacial score (nSPS) is 15.7. The fourth-order valence-electron chi connectivity index (χ4n) is 16.9. The zero-order valence-corrected chi connectivity index (χ0v) is 76.9. The van der Waals surface area contributed by atoms with Gasteiger partial charge in [-0.1, -0.05) is 127 Å². The molecule has 0 unspecified atom stereocenters. The van der Waals surface area contributed by atoms with Crippen LogP contribution in [0.4, 0.5) is 46.5 Å².